The van der Waals surface area contributed by atoms with Crippen LogP contribution >= 0.6 is 0 Å². The van der Waals surface area contributed by atoms with Crippen LogP contribution in [0.25, 0.3) is 0 Å². The van der Waals surface area contributed by atoms with Gasteiger partial charge in [0, 0.05) is 37.9 Å². The van der Waals surface area contributed by atoms with E-state index in [0.29, 0.717) is 13.1 Å². The van der Waals surface area contributed by atoms with Crippen LogP contribution in [0.15, 0.2) is 47.6 Å². The Morgan fingerprint density at radius 3 is 2.70 bits per heavy atom. The second kappa shape index (κ2) is 10.3. The van der Waals surface area contributed by atoms with Crippen molar-refractivity contribution in [3.05, 3.63) is 53.7 Å². The number of nitrogens with one attached hydrogen (secondary N) is 2. The minimum atomic E-state index is 0.600. The van der Waals surface area contributed by atoms with Crippen molar-refractivity contribution in [2.75, 3.05) is 31.1 Å². The molecule has 1 aliphatic heterocycles. The van der Waals surface area contributed by atoms with E-state index in [1.54, 1.807) is 0 Å². The zero-order valence-corrected chi connectivity index (χ0v) is 17.9. The smallest absolute Gasteiger partial charge is 0.191 e. The molecule has 0 unspecified atom stereocenters. The van der Waals surface area contributed by atoms with Crippen LogP contribution in [0.3, 0.4) is 0 Å². The summed E-state index contributed by atoms with van der Waals surface area (Å²) >= 11 is 0. The number of aliphatic imine (C=N–C) groups is 1. The Balaban J connectivity index is 1.33. The van der Waals surface area contributed by atoms with E-state index in [0.717, 1.165) is 60.8 Å². The standard InChI is InChI=1S/C24H33N5O/c1-2-25-24(27-16-20-11-12-23(26-15-20)29-13-5-6-14-29)28-17-21-7-3-4-8-22(21)30-18-19-9-10-19/h3-4,7-8,11-12,15,19H,2,5-6,9-10,13-14,16-18H2,1H3,(H2,25,27,28). The number of nitrogens with zero attached hydrogens (tertiary/aromatic N) is 3. The summed E-state index contributed by atoms with van der Waals surface area (Å²) in [5.41, 5.74) is 2.27. The molecule has 30 heavy (non-hydrogen) atoms. The molecule has 4 rings (SSSR count). The van der Waals surface area contributed by atoms with E-state index in [9.17, 15) is 0 Å². The topological polar surface area (TPSA) is 61.8 Å². The maximum Gasteiger partial charge on any atom is 0.191 e. The monoisotopic (exact) mass is 407 g/mol. The molecule has 1 aromatic carbocycles. The molecule has 0 amide bonds. The molecule has 6 heteroatoms. The van der Waals surface area contributed by atoms with Crippen LogP contribution in [-0.2, 0) is 13.1 Å². The maximum absolute atomic E-state index is 6.02. The molecule has 1 saturated heterocycles. The first-order valence-corrected chi connectivity index (χ1v) is 11.2. The highest BCUT2D eigenvalue weighted by atomic mass is 16.5. The number of hydrogen-bond donors (Lipinski definition) is 2. The van der Waals surface area contributed by atoms with Crippen LogP contribution in [0, 0.1) is 5.92 Å². The number of ether oxygens (including phenoxy) is 1. The van der Waals surface area contributed by atoms with Crippen molar-refractivity contribution in [2.24, 2.45) is 10.9 Å². The zero-order chi connectivity index (χ0) is 20.6. The van der Waals surface area contributed by atoms with Gasteiger partial charge in [-0.15, -0.1) is 0 Å². The molecule has 0 radical (unpaired) electrons. The van der Waals surface area contributed by atoms with Gasteiger partial charge in [-0.1, -0.05) is 24.3 Å². The number of pyridine rings is 1. The highest BCUT2D eigenvalue weighted by Gasteiger charge is 2.22. The predicted octanol–water partition coefficient (Wildman–Crippen LogP) is 3.73. The minimum Gasteiger partial charge on any atom is -0.493 e. The van der Waals surface area contributed by atoms with Crippen molar-refractivity contribution in [1.82, 2.24) is 15.6 Å². The second-order valence-electron chi connectivity index (χ2n) is 8.13. The molecule has 1 saturated carbocycles. The molecule has 2 N–H and O–H groups in total. The SMILES string of the molecule is CCNC(=NCc1ccc(N2CCCC2)nc1)NCc1ccccc1OCC1CC1. The van der Waals surface area contributed by atoms with Crippen molar-refractivity contribution in [2.45, 2.75) is 45.7 Å². The molecule has 0 spiro atoms. The van der Waals surface area contributed by atoms with Crippen molar-refractivity contribution in [3.8, 4) is 5.75 Å². The lowest BCUT2D eigenvalue weighted by Gasteiger charge is -2.16. The number of hydrogen-bond acceptors (Lipinski definition) is 4. The summed E-state index contributed by atoms with van der Waals surface area (Å²) < 4.78 is 6.02. The van der Waals surface area contributed by atoms with Gasteiger partial charge in [-0.25, -0.2) is 9.98 Å². The van der Waals surface area contributed by atoms with E-state index >= 15 is 0 Å². The molecule has 0 bridgehead atoms. The summed E-state index contributed by atoms with van der Waals surface area (Å²) in [5.74, 6) is 3.59. The van der Waals surface area contributed by atoms with Crippen molar-refractivity contribution >= 4 is 11.8 Å². The van der Waals surface area contributed by atoms with Crippen molar-refractivity contribution in [3.63, 3.8) is 0 Å². The van der Waals surface area contributed by atoms with Crippen LogP contribution < -0.4 is 20.3 Å². The van der Waals surface area contributed by atoms with E-state index < -0.39 is 0 Å². The average Bonchev–Trinajstić information content (AvgIpc) is 3.45. The quantitative estimate of drug-likeness (QED) is 0.490. The third-order valence-corrected chi connectivity index (χ3v) is 5.59. The number of guanidine groups is 1. The van der Waals surface area contributed by atoms with Crippen molar-refractivity contribution in [1.29, 1.82) is 0 Å². The molecular formula is C24H33N5O. The highest BCUT2D eigenvalue weighted by molar-refractivity contribution is 5.79. The summed E-state index contributed by atoms with van der Waals surface area (Å²) in [7, 11) is 0. The Morgan fingerprint density at radius 1 is 1.13 bits per heavy atom. The molecule has 2 fully saturated rings. The molecule has 6 nitrogen and oxygen atoms in total. The summed E-state index contributed by atoms with van der Waals surface area (Å²) in [6, 6.07) is 12.5. The fourth-order valence-electron chi connectivity index (χ4n) is 3.62. The predicted molar refractivity (Wildman–Crippen MR) is 122 cm³/mol. The Bertz CT molecular complexity index is 826. The number of aromatic nitrogens is 1. The first-order valence-electron chi connectivity index (χ1n) is 11.2. The van der Waals surface area contributed by atoms with E-state index in [4.69, 9.17) is 9.73 Å². The van der Waals surface area contributed by atoms with Crippen LogP contribution in [0.4, 0.5) is 5.82 Å². The Kier molecular flexibility index (Phi) is 7.06. The normalized spacial score (nSPS) is 16.6. The number of anilines is 1. The molecule has 1 aliphatic carbocycles. The Hall–Kier alpha value is -2.76. The van der Waals surface area contributed by atoms with Gasteiger partial charge in [-0.3, -0.25) is 0 Å². The van der Waals surface area contributed by atoms with Gasteiger partial charge in [0.2, 0.25) is 0 Å². The number of para-hydroxylation sites is 1. The molecular weight excluding hydrogens is 374 g/mol. The van der Waals surface area contributed by atoms with Gasteiger partial charge in [0.1, 0.15) is 11.6 Å². The lowest BCUT2D eigenvalue weighted by atomic mass is 10.2. The fourth-order valence-corrected chi connectivity index (χ4v) is 3.62. The van der Waals surface area contributed by atoms with Crippen LogP contribution in [-0.4, -0.2) is 37.2 Å². The molecule has 1 aromatic heterocycles. The van der Waals surface area contributed by atoms with Gasteiger partial charge in [-0.2, -0.15) is 0 Å². The van der Waals surface area contributed by atoms with E-state index in [-0.39, 0.29) is 0 Å². The maximum atomic E-state index is 6.02. The lowest BCUT2D eigenvalue weighted by molar-refractivity contribution is 0.296. The highest BCUT2D eigenvalue weighted by Crippen LogP contribution is 2.30. The number of rotatable bonds is 9. The minimum absolute atomic E-state index is 0.600. The fraction of sp³-hybridized carbons (Fsp3) is 0.500. The first-order chi connectivity index (χ1) is 14.8. The molecule has 2 aliphatic rings. The summed E-state index contributed by atoms with van der Waals surface area (Å²) in [6.45, 7) is 7.23. The van der Waals surface area contributed by atoms with Gasteiger partial charge in [0.15, 0.2) is 5.96 Å². The van der Waals surface area contributed by atoms with Gasteiger partial charge in [0.25, 0.3) is 0 Å². The Morgan fingerprint density at radius 2 is 1.97 bits per heavy atom. The van der Waals surface area contributed by atoms with Crippen LogP contribution in [0.1, 0.15) is 43.7 Å². The summed E-state index contributed by atoms with van der Waals surface area (Å²) in [6.07, 6.45) is 7.07. The average molecular weight is 408 g/mol. The molecule has 0 atom stereocenters. The van der Waals surface area contributed by atoms with Crippen molar-refractivity contribution < 1.29 is 4.74 Å². The third-order valence-electron chi connectivity index (χ3n) is 5.59. The van der Waals surface area contributed by atoms with Crippen LogP contribution in [0.2, 0.25) is 0 Å². The van der Waals surface area contributed by atoms with E-state index in [1.165, 1.54) is 25.7 Å². The van der Waals surface area contributed by atoms with E-state index in [2.05, 4.69) is 57.8 Å². The Labute approximate surface area is 179 Å². The summed E-state index contributed by atoms with van der Waals surface area (Å²) in [4.78, 5) is 11.7. The largest absolute Gasteiger partial charge is 0.493 e. The molecule has 2 heterocycles. The second-order valence-corrected chi connectivity index (χ2v) is 8.13. The number of benzene rings is 1. The van der Waals surface area contributed by atoms with Gasteiger partial charge in [0.05, 0.1) is 13.2 Å². The first kappa shape index (κ1) is 20.5. The van der Waals surface area contributed by atoms with Gasteiger partial charge >= 0.3 is 0 Å². The van der Waals surface area contributed by atoms with E-state index in [1.807, 2.05) is 12.3 Å². The molecule has 2 aromatic rings. The van der Waals surface area contributed by atoms with Gasteiger partial charge < -0.3 is 20.3 Å². The van der Waals surface area contributed by atoms with Crippen LogP contribution in [0.5, 0.6) is 5.75 Å². The molecule has 160 valence electrons. The summed E-state index contributed by atoms with van der Waals surface area (Å²) in [5, 5.41) is 6.77. The third kappa shape index (κ3) is 5.88. The van der Waals surface area contributed by atoms with Gasteiger partial charge in [-0.05, 0) is 56.2 Å². The zero-order valence-electron chi connectivity index (χ0n) is 17.9. The lowest BCUT2D eigenvalue weighted by Crippen LogP contribution is -2.36.